The third-order valence-electron chi connectivity index (χ3n) is 4.57. The summed E-state index contributed by atoms with van der Waals surface area (Å²) in [7, 11) is 3.47. The molecule has 0 saturated carbocycles. The number of para-hydroxylation sites is 1. The molecule has 2 N–H and O–H groups in total. The number of carbonyl (C=O) groups is 1. The Morgan fingerprint density at radius 2 is 1.87 bits per heavy atom. The van der Waals surface area contributed by atoms with Gasteiger partial charge in [-0.25, -0.2) is 4.99 Å². The summed E-state index contributed by atoms with van der Waals surface area (Å²) in [6.45, 7) is 2.60. The number of hydrogen-bond donors (Lipinski definition) is 2. The van der Waals surface area contributed by atoms with Gasteiger partial charge >= 0.3 is 0 Å². The van der Waals surface area contributed by atoms with Crippen molar-refractivity contribution in [3.05, 3.63) is 54.1 Å². The van der Waals surface area contributed by atoms with Gasteiger partial charge in [-0.2, -0.15) is 0 Å². The lowest BCUT2D eigenvalue weighted by Gasteiger charge is -2.16. The fourth-order valence-electron chi connectivity index (χ4n) is 2.89. The Labute approximate surface area is 188 Å². The molecule has 1 heterocycles. The van der Waals surface area contributed by atoms with Crippen molar-refractivity contribution in [2.45, 2.75) is 17.9 Å². The number of nitrogens with zero attached hydrogens (tertiary/aromatic N) is 2. The molecule has 0 radical (unpaired) electrons. The van der Waals surface area contributed by atoms with E-state index in [2.05, 4.69) is 27.8 Å². The summed E-state index contributed by atoms with van der Waals surface area (Å²) in [4.78, 5) is 19.5. The number of guanidine groups is 1. The van der Waals surface area contributed by atoms with Crippen molar-refractivity contribution >= 4 is 23.6 Å². The van der Waals surface area contributed by atoms with Crippen LogP contribution in [0.2, 0.25) is 0 Å². The minimum absolute atomic E-state index is 0.0153. The van der Waals surface area contributed by atoms with E-state index in [0.29, 0.717) is 32.3 Å². The van der Waals surface area contributed by atoms with Gasteiger partial charge in [-0.1, -0.05) is 30.3 Å². The van der Waals surface area contributed by atoms with Crippen molar-refractivity contribution in [1.82, 2.24) is 15.5 Å². The summed E-state index contributed by atoms with van der Waals surface area (Å²) < 4.78 is 11.7. The van der Waals surface area contributed by atoms with Crippen LogP contribution in [-0.2, 0) is 11.3 Å². The summed E-state index contributed by atoms with van der Waals surface area (Å²) >= 11 is 1.77. The molecule has 0 bridgehead atoms. The van der Waals surface area contributed by atoms with E-state index in [1.807, 2.05) is 36.4 Å². The minimum atomic E-state index is -0.0153. The molecule has 8 heteroatoms. The lowest BCUT2D eigenvalue weighted by atomic mass is 10.2. The van der Waals surface area contributed by atoms with Crippen molar-refractivity contribution in [2.24, 2.45) is 4.99 Å². The molecular formula is C23H30N4O3S. The van der Waals surface area contributed by atoms with E-state index < -0.39 is 0 Å². The molecule has 3 rings (SSSR count). The summed E-state index contributed by atoms with van der Waals surface area (Å²) in [6.07, 6.45) is 0.859. The average molecular weight is 443 g/mol. The van der Waals surface area contributed by atoms with Crippen molar-refractivity contribution in [3.63, 3.8) is 0 Å². The Balaban J connectivity index is 1.62. The van der Waals surface area contributed by atoms with Gasteiger partial charge < -0.3 is 25.0 Å². The molecule has 2 aromatic rings. The highest BCUT2D eigenvalue weighted by molar-refractivity contribution is 7.99. The van der Waals surface area contributed by atoms with Crippen LogP contribution in [0.1, 0.15) is 12.0 Å². The number of rotatable bonds is 8. The number of fused-ring (bicyclic) bond motifs is 1. The molecule has 1 amide bonds. The zero-order valence-corrected chi connectivity index (χ0v) is 18.9. The van der Waals surface area contributed by atoms with E-state index >= 15 is 0 Å². The summed E-state index contributed by atoms with van der Waals surface area (Å²) in [5.74, 6) is 2.97. The standard InChI is InChI=1S/C23H30N4O3S/c1-27(2)21(28)17-26-23(24-12-15-31-19-9-4-3-5-10-19)25-16-18-8-6-11-20-22(18)30-14-7-13-29-20/h3-6,8-11H,7,12-17H2,1-2H3,(H2,24,25,26). The molecule has 166 valence electrons. The van der Waals surface area contributed by atoms with Gasteiger partial charge in [0.15, 0.2) is 17.5 Å². The number of aliphatic imine (C=N–C) groups is 1. The number of amides is 1. The molecule has 0 unspecified atom stereocenters. The van der Waals surface area contributed by atoms with Crippen LogP contribution in [0, 0.1) is 0 Å². The monoisotopic (exact) mass is 442 g/mol. The van der Waals surface area contributed by atoms with Crippen molar-refractivity contribution in [2.75, 3.05) is 46.2 Å². The molecule has 0 atom stereocenters. The first-order valence-corrected chi connectivity index (χ1v) is 11.4. The summed E-state index contributed by atoms with van der Waals surface area (Å²) in [5.41, 5.74) is 0.957. The zero-order chi connectivity index (χ0) is 21.9. The molecule has 2 aromatic carbocycles. The lowest BCUT2D eigenvalue weighted by molar-refractivity contribution is -0.127. The second kappa shape index (κ2) is 12.1. The first kappa shape index (κ1) is 22.8. The molecule has 7 nitrogen and oxygen atoms in total. The first-order valence-electron chi connectivity index (χ1n) is 10.4. The predicted molar refractivity (Wildman–Crippen MR) is 125 cm³/mol. The van der Waals surface area contributed by atoms with Gasteiger partial charge in [0.2, 0.25) is 5.91 Å². The largest absolute Gasteiger partial charge is 0.490 e. The molecule has 0 aliphatic carbocycles. The van der Waals surface area contributed by atoms with E-state index in [9.17, 15) is 4.79 Å². The number of hydrogen-bond acceptors (Lipinski definition) is 5. The summed E-state index contributed by atoms with van der Waals surface area (Å²) in [6, 6.07) is 16.1. The van der Waals surface area contributed by atoms with Crippen LogP contribution in [0.15, 0.2) is 58.4 Å². The molecule has 31 heavy (non-hydrogen) atoms. The van der Waals surface area contributed by atoms with E-state index in [-0.39, 0.29) is 12.5 Å². The highest BCUT2D eigenvalue weighted by atomic mass is 32.2. The van der Waals surface area contributed by atoms with Gasteiger partial charge in [-0.15, -0.1) is 11.8 Å². The van der Waals surface area contributed by atoms with Crippen LogP contribution in [0.3, 0.4) is 0 Å². The normalized spacial score (nSPS) is 13.3. The lowest BCUT2D eigenvalue weighted by Crippen LogP contribution is -2.43. The van der Waals surface area contributed by atoms with Gasteiger partial charge in [-0.05, 0) is 18.2 Å². The van der Waals surface area contributed by atoms with E-state index in [1.165, 1.54) is 4.90 Å². The Morgan fingerprint density at radius 3 is 2.68 bits per heavy atom. The van der Waals surface area contributed by atoms with Gasteiger partial charge in [0.05, 0.1) is 26.3 Å². The van der Waals surface area contributed by atoms with E-state index in [1.54, 1.807) is 30.8 Å². The topological polar surface area (TPSA) is 75.2 Å². The molecule has 0 spiro atoms. The summed E-state index contributed by atoms with van der Waals surface area (Å²) in [5, 5.41) is 6.45. The van der Waals surface area contributed by atoms with Crippen LogP contribution in [0.4, 0.5) is 0 Å². The van der Waals surface area contributed by atoms with Crippen LogP contribution < -0.4 is 20.1 Å². The third-order valence-corrected chi connectivity index (χ3v) is 5.59. The predicted octanol–water partition coefficient (Wildman–Crippen LogP) is 2.76. The maximum absolute atomic E-state index is 12.0. The fourth-order valence-corrected chi connectivity index (χ4v) is 3.68. The Bertz CT molecular complexity index is 874. The fraction of sp³-hybridized carbons (Fsp3) is 0.391. The van der Waals surface area contributed by atoms with Crippen molar-refractivity contribution < 1.29 is 14.3 Å². The van der Waals surface area contributed by atoms with Gasteiger partial charge in [0.25, 0.3) is 0 Å². The van der Waals surface area contributed by atoms with E-state index in [0.717, 1.165) is 29.2 Å². The number of carbonyl (C=O) groups excluding carboxylic acids is 1. The van der Waals surface area contributed by atoms with Crippen LogP contribution >= 0.6 is 11.8 Å². The molecule has 0 aromatic heterocycles. The average Bonchev–Trinajstić information content (AvgIpc) is 3.04. The highest BCUT2D eigenvalue weighted by Crippen LogP contribution is 2.33. The van der Waals surface area contributed by atoms with E-state index in [4.69, 9.17) is 9.47 Å². The second-order valence-electron chi connectivity index (χ2n) is 7.19. The third kappa shape index (κ3) is 7.40. The SMILES string of the molecule is CN(C)C(=O)CNC(=NCc1cccc2c1OCCCO2)NCCSc1ccccc1. The number of thioether (sulfide) groups is 1. The maximum atomic E-state index is 12.0. The smallest absolute Gasteiger partial charge is 0.241 e. The molecular weight excluding hydrogens is 412 g/mol. The highest BCUT2D eigenvalue weighted by Gasteiger charge is 2.14. The first-order chi connectivity index (χ1) is 15.1. The van der Waals surface area contributed by atoms with Crippen LogP contribution in [0.25, 0.3) is 0 Å². The Morgan fingerprint density at radius 1 is 1.06 bits per heavy atom. The zero-order valence-electron chi connectivity index (χ0n) is 18.1. The quantitative estimate of drug-likeness (QED) is 0.283. The number of ether oxygens (including phenoxy) is 2. The molecule has 1 aliphatic rings. The molecule has 0 fully saturated rings. The van der Waals surface area contributed by atoms with Gasteiger partial charge in [0, 0.05) is 43.3 Å². The Hall–Kier alpha value is -2.87. The molecule has 0 saturated heterocycles. The van der Waals surface area contributed by atoms with Crippen molar-refractivity contribution in [3.8, 4) is 11.5 Å². The number of likely N-dealkylation sites (N-methyl/N-ethyl adjacent to an activating group) is 1. The van der Waals surface area contributed by atoms with Crippen molar-refractivity contribution in [1.29, 1.82) is 0 Å². The Kier molecular flexibility index (Phi) is 8.90. The molecule has 1 aliphatic heterocycles. The van der Waals surface area contributed by atoms with Gasteiger partial charge in [0.1, 0.15) is 0 Å². The van der Waals surface area contributed by atoms with Crippen LogP contribution in [-0.4, -0.2) is 62.9 Å². The second-order valence-corrected chi connectivity index (χ2v) is 8.36. The minimum Gasteiger partial charge on any atom is -0.490 e. The number of benzene rings is 2. The number of nitrogens with one attached hydrogen (secondary N) is 2. The van der Waals surface area contributed by atoms with Gasteiger partial charge in [-0.3, -0.25) is 4.79 Å². The van der Waals surface area contributed by atoms with Crippen LogP contribution in [0.5, 0.6) is 11.5 Å². The maximum Gasteiger partial charge on any atom is 0.241 e.